The molecule has 0 spiro atoms. The highest BCUT2D eigenvalue weighted by atomic mass is 32.2. The number of aryl methyl sites for hydroxylation is 2. The molecule has 0 saturated carbocycles. The number of pyridine rings is 1. The predicted octanol–water partition coefficient (Wildman–Crippen LogP) is 4.40. The minimum atomic E-state index is -0.0698. The summed E-state index contributed by atoms with van der Waals surface area (Å²) < 4.78 is 2.20. The van der Waals surface area contributed by atoms with Gasteiger partial charge in [0, 0.05) is 12.7 Å². The van der Waals surface area contributed by atoms with Crippen molar-refractivity contribution < 1.29 is 4.79 Å². The number of carbonyl (C=O) groups is 1. The van der Waals surface area contributed by atoms with Gasteiger partial charge >= 0.3 is 0 Å². The van der Waals surface area contributed by atoms with Crippen molar-refractivity contribution in [1.82, 2.24) is 14.5 Å². The summed E-state index contributed by atoms with van der Waals surface area (Å²) in [6, 6.07) is 22.1. The Balaban J connectivity index is 1.48. The first-order valence-electron chi connectivity index (χ1n) is 9.11. The summed E-state index contributed by atoms with van der Waals surface area (Å²) in [6.07, 6.45) is 4.23. The zero-order valence-electron chi connectivity index (χ0n) is 15.3. The van der Waals surface area contributed by atoms with Crippen molar-refractivity contribution in [2.45, 2.75) is 18.1 Å². The van der Waals surface area contributed by atoms with E-state index in [0.29, 0.717) is 11.4 Å². The lowest BCUT2D eigenvalue weighted by Crippen LogP contribution is -2.14. The second-order valence-electron chi connectivity index (χ2n) is 6.35. The van der Waals surface area contributed by atoms with Crippen LogP contribution in [0.15, 0.2) is 84.3 Å². The number of imidazole rings is 1. The van der Waals surface area contributed by atoms with Crippen molar-refractivity contribution in [3.05, 3.63) is 84.7 Å². The molecule has 140 valence electrons. The summed E-state index contributed by atoms with van der Waals surface area (Å²) in [5.74, 6) is 0.225. The van der Waals surface area contributed by atoms with Crippen LogP contribution >= 0.6 is 11.8 Å². The number of hydrogen-bond acceptors (Lipinski definition) is 4. The van der Waals surface area contributed by atoms with E-state index in [1.165, 1.54) is 17.3 Å². The largest absolute Gasteiger partial charge is 0.324 e. The summed E-state index contributed by atoms with van der Waals surface area (Å²) in [6.45, 7) is 0.817. The molecule has 0 aliphatic heterocycles. The number of amides is 1. The topological polar surface area (TPSA) is 59.8 Å². The van der Waals surface area contributed by atoms with Crippen LogP contribution in [-0.2, 0) is 17.8 Å². The smallest absolute Gasteiger partial charge is 0.234 e. The molecule has 6 heteroatoms. The molecule has 0 fully saturated rings. The maximum atomic E-state index is 12.3. The Bertz CT molecular complexity index is 1060. The summed E-state index contributed by atoms with van der Waals surface area (Å²) >= 11 is 1.45. The van der Waals surface area contributed by atoms with E-state index in [-0.39, 0.29) is 5.91 Å². The maximum Gasteiger partial charge on any atom is 0.234 e. The molecule has 0 radical (unpaired) electrons. The van der Waals surface area contributed by atoms with Crippen LogP contribution in [0, 0.1) is 0 Å². The van der Waals surface area contributed by atoms with Gasteiger partial charge in [-0.2, -0.15) is 0 Å². The first-order chi connectivity index (χ1) is 13.8. The lowest BCUT2D eigenvalue weighted by Gasteiger charge is -2.09. The first kappa shape index (κ1) is 18.3. The quantitative estimate of drug-likeness (QED) is 0.477. The lowest BCUT2D eigenvalue weighted by molar-refractivity contribution is -0.113. The molecule has 0 atom stereocenters. The molecule has 2 aromatic heterocycles. The first-order valence-corrected chi connectivity index (χ1v) is 10.1. The Hall–Kier alpha value is -3.12. The van der Waals surface area contributed by atoms with Crippen LogP contribution in [0.25, 0.3) is 11.0 Å². The molecule has 5 nitrogen and oxygen atoms in total. The fourth-order valence-electron chi connectivity index (χ4n) is 3.03. The SMILES string of the molecule is O=C(CSc1nc2ccccc2n1CCc1ccccc1)Nc1cccnc1. The van der Waals surface area contributed by atoms with Crippen molar-refractivity contribution in [2.75, 3.05) is 11.1 Å². The molecular weight excluding hydrogens is 368 g/mol. The predicted molar refractivity (Wildman–Crippen MR) is 113 cm³/mol. The molecular formula is C22H20N4OS. The van der Waals surface area contributed by atoms with Gasteiger partial charge in [-0.05, 0) is 36.2 Å². The Morgan fingerprint density at radius 1 is 1.00 bits per heavy atom. The van der Waals surface area contributed by atoms with Gasteiger partial charge < -0.3 is 9.88 Å². The summed E-state index contributed by atoms with van der Waals surface area (Å²) in [5, 5.41) is 3.72. The number of thioether (sulfide) groups is 1. The number of anilines is 1. The van der Waals surface area contributed by atoms with Gasteiger partial charge in [0.2, 0.25) is 5.91 Å². The van der Waals surface area contributed by atoms with E-state index in [1.807, 2.05) is 30.3 Å². The van der Waals surface area contributed by atoms with E-state index in [9.17, 15) is 4.79 Å². The zero-order valence-corrected chi connectivity index (χ0v) is 16.1. The molecule has 2 heterocycles. The van der Waals surface area contributed by atoms with Crippen LogP contribution in [0.5, 0.6) is 0 Å². The standard InChI is InChI=1S/C22H20N4OS/c27-21(24-18-9-6-13-23-15-18)16-28-22-25-19-10-4-5-11-20(19)26(22)14-12-17-7-2-1-3-8-17/h1-11,13,15H,12,14,16H2,(H,24,27). The van der Waals surface area contributed by atoms with E-state index in [0.717, 1.165) is 29.2 Å². The minimum absolute atomic E-state index is 0.0698. The fourth-order valence-corrected chi connectivity index (χ4v) is 3.87. The van der Waals surface area contributed by atoms with Crippen molar-refractivity contribution in [2.24, 2.45) is 0 Å². The average molecular weight is 388 g/mol. The molecule has 0 aliphatic carbocycles. The Morgan fingerprint density at radius 3 is 2.64 bits per heavy atom. The normalized spacial score (nSPS) is 10.9. The summed E-state index contributed by atoms with van der Waals surface area (Å²) in [7, 11) is 0. The number of aromatic nitrogens is 3. The molecule has 1 amide bonds. The average Bonchev–Trinajstić information content (AvgIpc) is 3.10. The van der Waals surface area contributed by atoms with Crippen LogP contribution in [0.3, 0.4) is 0 Å². The van der Waals surface area contributed by atoms with Crippen LogP contribution < -0.4 is 5.32 Å². The molecule has 28 heavy (non-hydrogen) atoms. The molecule has 0 unspecified atom stereocenters. The lowest BCUT2D eigenvalue weighted by atomic mass is 10.1. The molecule has 4 aromatic rings. The van der Waals surface area contributed by atoms with Crippen molar-refractivity contribution in [3.8, 4) is 0 Å². The van der Waals surface area contributed by atoms with Gasteiger partial charge in [-0.1, -0.05) is 54.2 Å². The molecule has 2 aromatic carbocycles. The summed E-state index contributed by atoms with van der Waals surface area (Å²) in [4.78, 5) is 21.0. The monoisotopic (exact) mass is 388 g/mol. The van der Waals surface area contributed by atoms with Crippen molar-refractivity contribution in [3.63, 3.8) is 0 Å². The number of fused-ring (bicyclic) bond motifs is 1. The Labute approximate surface area is 167 Å². The minimum Gasteiger partial charge on any atom is -0.324 e. The number of benzene rings is 2. The highest BCUT2D eigenvalue weighted by Crippen LogP contribution is 2.25. The van der Waals surface area contributed by atoms with Gasteiger partial charge in [0.1, 0.15) is 0 Å². The molecule has 1 N–H and O–H groups in total. The van der Waals surface area contributed by atoms with E-state index < -0.39 is 0 Å². The number of carbonyl (C=O) groups excluding carboxylic acids is 1. The molecule has 4 rings (SSSR count). The van der Waals surface area contributed by atoms with Crippen LogP contribution in [-0.4, -0.2) is 26.2 Å². The second kappa shape index (κ2) is 8.71. The molecule has 0 saturated heterocycles. The Morgan fingerprint density at radius 2 is 1.82 bits per heavy atom. The number of nitrogens with zero attached hydrogens (tertiary/aromatic N) is 3. The fraction of sp³-hybridized carbons (Fsp3) is 0.136. The number of hydrogen-bond donors (Lipinski definition) is 1. The van der Waals surface area contributed by atoms with Gasteiger partial charge in [-0.25, -0.2) is 4.98 Å². The molecule has 0 bridgehead atoms. The zero-order chi connectivity index (χ0) is 19.2. The third kappa shape index (κ3) is 4.40. The van der Waals surface area contributed by atoms with Crippen LogP contribution in [0.2, 0.25) is 0 Å². The van der Waals surface area contributed by atoms with Gasteiger partial charge in [-0.3, -0.25) is 9.78 Å². The van der Waals surface area contributed by atoms with Crippen LogP contribution in [0.4, 0.5) is 5.69 Å². The van der Waals surface area contributed by atoms with Gasteiger partial charge in [0.15, 0.2) is 5.16 Å². The third-order valence-electron chi connectivity index (χ3n) is 4.36. The number of para-hydroxylation sites is 2. The molecule has 0 aliphatic rings. The second-order valence-corrected chi connectivity index (χ2v) is 7.29. The van der Waals surface area contributed by atoms with Gasteiger partial charge in [0.05, 0.1) is 28.7 Å². The Kier molecular flexibility index (Phi) is 5.68. The highest BCUT2D eigenvalue weighted by molar-refractivity contribution is 7.99. The van der Waals surface area contributed by atoms with Gasteiger partial charge in [-0.15, -0.1) is 0 Å². The maximum absolute atomic E-state index is 12.3. The number of nitrogens with one attached hydrogen (secondary N) is 1. The van der Waals surface area contributed by atoms with Gasteiger partial charge in [0.25, 0.3) is 0 Å². The van der Waals surface area contributed by atoms with Crippen molar-refractivity contribution in [1.29, 1.82) is 0 Å². The van der Waals surface area contributed by atoms with E-state index in [4.69, 9.17) is 4.98 Å². The van der Waals surface area contributed by atoms with E-state index in [2.05, 4.69) is 45.2 Å². The van der Waals surface area contributed by atoms with Crippen LogP contribution in [0.1, 0.15) is 5.56 Å². The van der Waals surface area contributed by atoms with Crippen molar-refractivity contribution >= 4 is 34.4 Å². The summed E-state index contributed by atoms with van der Waals surface area (Å²) in [5.41, 5.74) is 4.02. The third-order valence-corrected chi connectivity index (χ3v) is 5.34. The highest BCUT2D eigenvalue weighted by Gasteiger charge is 2.13. The number of rotatable bonds is 7. The van der Waals surface area contributed by atoms with E-state index >= 15 is 0 Å². The van der Waals surface area contributed by atoms with E-state index in [1.54, 1.807) is 18.5 Å².